The summed E-state index contributed by atoms with van der Waals surface area (Å²) >= 11 is 0. The highest BCUT2D eigenvalue weighted by Gasteiger charge is 2.31. The van der Waals surface area contributed by atoms with Gasteiger partial charge in [0.25, 0.3) is 5.56 Å². The highest BCUT2D eigenvalue weighted by atomic mass is 16.3. The first-order valence-electron chi connectivity index (χ1n) is 10.6. The summed E-state index contributed by atoms with van der Waals surface area (Å²) in [7, 11) is 0. The minimum atomic E-state index is -0.993. The van der Waals surface area contributed by atoms with Crippen molar-refractivity contribution in [3.63, 3.8) is 0 Å². The van der Waals surface area contributed by atoms with Crippen molar-refractivity contribution >= 4 is 0 Å². The maximum atomic E-state index is 12.9. The lowest BCUT2D eigenvalue weighted by Gasteiger charge is -2.25. The number of aryl methyl sites for hydroxylation is 2. The van der Waals surface area contributed by atoms with E-state index in [1.165, 1.54) is 15.7 Å². The molecule has 1 atom stereocenters. The summed E-state index contributed by atoms with van der Waals surface area (Å²) in [5.74, 6) is -0.103. The molecule has 0 radical (unpaired) electrons. The number of fused-ring (bicyclic) bond motifs is 1. The van der Waals surface area contributed by atoms with E-state index in [2.05, 4.69) is 35.3 Å². The van der Waals surface area contributed by atoms with Crippen molar-refractivity contribution < 1.29 is 5.11 Å². The average molecular weight is 405 g/mol. The lowest BCUT2D eigenvalue weighted by Crippen LogP contribution is -2.40. The van der Waals surface area contributed by atoms with E-state index < -0.39 is 11.9 Å². The molecule has 3 aromatic rings. The van der Waals surface area contributed by atoms with Crippen LogP contribution in [0.15, 0.2) is 52.1 Å². The van der Waals surface area contributed by atoms with E-state index in [0.717, 1.165) is 16.7 Å². The summed E-state index contributed by atoms with van der Waals surface area (Å²) < 4.78 is 1.43. The Labute approximate surface area is 176 Å². The highest BCUT2D eigenvalue weighted by Crippen LogP contribution is 2.33. The fourth-order valence-corrected chi connectivity index (χ4v) is 4.85. The van der Waals surface area contributed by atoms with Gasteiger partial charge in [-0.3, -0.25) is 14.3 Å². The van der Waals surface area contributed by atoms with Gasteiger partial charge in [-0.25, -0.2) is 4.79 Å². The first-order valence-corrected chi connectivity index (χ1v) is 10.6. The van der Waals surface area contributed by atoms with E-state index in [1.807, 2.05) is 32.9 Å². The number of nitrogens with zero attached hydrogens (tertiary/aromatic N) is 1. The molecule has 1 aliphatic rings. The maximum Gasteiger partial charge on any atom is 0.330 e. The minimum Gasteiger partial charge on any atom is -0.373 e. The van der Waals surface area contributed by atoms with Gasteiger partial charge in [0.05, 0.1) is 0 Å². The zero-order chi connectivity index (χ0) is 21.4. The van der Waals surface area contributed by atoms with Crippen LogP contribution in [0.2, 0.25) is 0 Å². The normalized spacial score (nSPS) is 14.7. The van der Waals surface area contributed by atoms with Gasteiger partial charge in [0.1, 0.15) is 6.23 Å². The van der Waals surface area contributed by atoms with Crippen molar-refractivity contribution in [1.82, 2.24) is 9.55 Å². The molecule has 0 amide bonds. The third-order valence-corrected chi connectivity index (χ3v) is 6.13. The molecule has 4 rings (SSSR count). The number of hydrogen-bond donors (Lipinski definition) is 2. The van der Waals surface area contributed by atoms with Gasteiger partial charge in [-0.1, -0.05) is 60.5 Å². The molecule has 30 heavy (non-hydrogen) atoms. The van der Waals surface area contributed by atoms with E-state index in [-0.39, 0.29) is 11.5 Å². The lowest BCUT2D eigenvalue weighted by atomic mass is 9.98. The summed E-state index contributed by atoms with van der Waals surface area (Å²) in [5, 5.41) is 11.3. The molecular weight excluding hydrogens is 376 g/mol. The van der Waals surface area contributed by atoms with Gasteiger partial charge in [-0.15, -0.1) is 0 Å². The van der Waals surface area contributed by atoms with E-state index in [4.69, 9.17) is 0 Å². The van der Waals surface area contributed by atoms with Crippen LogP contribution in [0, 0.1) is 19.8 Å². The standard InChI is InChI=1S/C25H28N2O3/c1-4-21-22(12-17-10-15(2)9-16(3)11-17)27(25(30)26-23(21)28)24(29)20-13-18-7-5-6-8-19(18)14-20/h5-11,20,24,29H,4,12-14H2,1-3H3,(H,26,28,30). The van der Waals surface area contributed by atoms with Gasteiger partial charge in [0.15, 0.2) is 0 Å². The maximum absolute atomic E-state index is 12.9. The fraction of sp³-hybridized carbons (Fsp3) is 0.360. The Balaban J connectivity index is 1.79. The van der Waals surface area contributed by atoms with E-state index in [1.54, 1.807) is 0 Å². The fourth-order valence-electron chi connectivity index (χ4n) is 4.85. The van der Waals surface area contributed by atoms with Crippen LogP contribution in [0.1, 0.15) is 52.2 Å². The van der Waals surface area contributed by atoms with Crippen LogP contribution < -0.4 is 11.2 Å². The van der Waals surface area contributed by atoms with Crippen LogP contribution in [0.5, 0.6) is 0 Å². The molecule has 1 aliphatic carbocycles. The van der Waals surface area contributed by atoms with Crippen LogP contribution in [-0.2, 0) is 25.7 Å². The molecule has 0 saturated carbocycles. The zero-order valence-electron chi connectivity index (χ0n) is 17.7. The summed E-state index contributed by atoms with van der Waals surface area (Å²) in [5.41, 5.74) is 5.99. The highest BCUT2D eigenvalue weighted by molar-refractivity contribution is 5.35. The molecule has 0 aliphatic heterocycles. The van der Waals surface area contributed by atoms with Crippen LogP contribution in [0.4, 0.5) is 0 Å². The first kappa shape index (κ1) is 20.4. The Bertz CT molecular complexity index is 1160. The van der Waals surface area contributed by atoms with Crippen LogP contribution >= 0.6 is 0 Å². The topological polar surface area (TPSA) is 75.1 Å². The molecule has 1 aromatic heterocycles. The number of nitrogens with one attached hydrogen (secondary N) is 1. The van der Waals surface area contributed by atoms with Gasteiger partial charge in [0, 0.05) is 23.6 Å². The molecule has 0 bridgehead atoms. The number of aliphatic hydroxyl groups is 1. The molecule has 0 fully saturated rings. The van der Waals surface area contributed by atoms with Crippen LogP contribution in [0.25, 0.3) is 0 Å². The number of benzene rings is 2. The largest absolute Gasteiger partial charge is 0.373 e. The minimum absolute atomic E-state index is 0.103. The molecule has 0 spiro atoms. The molecule has 1 unspecified atom stereocenters. The number of rotatable bonds is 5. The van der Waals surface area contributed by atoms with Gasteiger partial charge >= 0.3 is 5.69 Å². The number of aliphatic hydroxyl groups excluding tert-OH is 1. The molecule has 5 nitrogen and oxygen atoms in total. The Morgan fingerprint density at radius 1 is 1.07 bits per heavy atom. The Morgan fingerprint density at radius 2 is 1.67 bits per heavy atom. The summed E-state index contributed by atoms with van der Waals surface area (Å²) in [4.78, 5) is 27.8. The lowest BCUT2D eigenvalue weighted by molar-refractivity contribution is 0.0380. The molecule has 2 aromatic carbocycles. The zero-order valence-corrected chi connectivity index (χ0v) is 17.7. The van der Waals surface area contributed by atoms with Crippen molar-refractivity contribution in [2.45, 2.75) is 52.7 Å². The van der Waals surface area contributed by atoms with E-state index in [9.17, 15) is 14.7 Å². The molecule has 156 valence electrons. The number of aromatic nitrogens is 2. The van der Waals surface area contributed by atoms with Crippen molar-refractivity contribution in [1.29, 1.82) is 0 Å². The Morgan fingerprint density at radius 3 is 2.23 bits per heavy atom. The second-order valence-corrected chi connectivity index (χ2v) is 8.43. The predicted octanol–water partition coefficient (Wildman–Crippen LogP) is 3.21. The number of aromatic amines is 1. The van der Waals surface area contributed by atoms with E-state index in [0.29, 0.717) is 36.9 Å². The van der Waals surface area contributed by atoms with Gasteiger partial charge in [0.2, 0.25) is 0 Å². The van der Waals surface area contributed by atoms with Crippen molar-refractivity contribution in [2.24, 2.45) is 5.92 Å². The summed E-state index contributed by atoms with van der Waals surface area (Å²) in [6.45, 7) is 5.97. The van der Waals surface area contributed by atoms with E-state index >= 15 is 0 Å². The second-order valence-electron chi connectivity index (χ2n) is 8.43. The van der Waals surface area contributed by atoms with Crippen molar-refractivity contribution in [3.8, 4) is 0 Å². The van der Waals surface area contributed by atoms with Crippen LogP contribution in [0.3, 0.4) is 0 Å². The van der Waals surface area contributed by atoms with Crippen molar-refractivity contribution in [3.05, 3.63) is 102 Å². The SMILES string of the molecule is CCc1c(Cc2cc(C)cc(C)c2)n(C(O)C2Cc3ccccc3C2)c(=O)[nH]c1=O. The quantitative estimate of drug-likeness (QED) is 0.686. The van der Waals surface area contributed by atoms with Gasteiger partial charge < -0.3 is 5.11 Å². The molecule has 1 heterocycles. The molecule has 2 N–H and O–H groups in total. The summed E-state index contributed by atoms with van der Waals surface area (Å²) in [6.07, 6.45) is 1.36. The number of hydrogen-bond acceptors (Lipinski definition) is 3. The molecule has 0 saturated heterocycles. The monoisotopic (exact) mass is 404 g/mol. The third-order valence-electron chi connectivity index (χ3n) is 6.13. The summed E-state index contributed by atoms with van der Waals surface area (Å²) in [6, 6.07) is 14.4. The second kappa shape index (κ2) is 8.07. The third kappa shape index (κ3) is 3.77. The predicted molar refractivity (Wildman–Crippen MR) is 118 cm³/mol. The van der Waals surface area contributed by atoms with Gasteiger partial charge in [-0.2, -0.15) is 0 Å². The van der Waals surface area contributed by atoms with Gasteiger partial charge in [-0.05, 0) is 49.8 Å². The Hall–Kier alpha value is -2.92. The average Bonchev–Trinajstić information content (AvgIpc) is 3.11. The number of H-pyrrole nitrogens is 1. The molecule has 5 heteroatoms. The molecular formula is C25H28N2O3. The van der Waals surface area contributed by atoms with Crippen LogP contribution in [-0.4, -0.2) is 14.7 Å². The first-order chi connectivity index (χ1) is 14.4. The smallest absolute Gasteiger partial charge is 0.330 e. The Kier molecular flexibility index (Phi) is 5.48. The van der Waals surface area contributed by atoms with Crippen molar-refractivity contribution in [2.75, 3.05) is 0 Å².